The van der Waals surface area contributed by atoms with E-state index in [1.807, 2.05) is 6.92 Å². The zero-order valence-electron chi connectivity index (χ0n) is 10.5. The van der Waals surface area contributed by atoms with Crippen LogP contribution in [0, 0.1) is 12.7 Å². The molecule has 2 heterocycles. The lowest BCUT2D eigenvalue weighted by Crippen LogP contribution is -2.13. The van der Waals surface area contributed by atoms with Crippen molar-refractivity contribution in [2.45, 2.75) is 26.8 Å². The molecular formula is C13H16FN3S. The van der Waals surface area contributed by atoms with E-state index in [4.69, 9.17) is 0 Å². The number of aryl methyl sites for hydroxylation is 1. The van der Waals surface area contributed by atoms with Crippen LogP contribution in [0.25, 0.3) is 10.7 Å². The second-order valence-corrected chi connectivity index (χ2v) is 5.12. The van der Waals surface area contributed by atoms with Crippen LogP contribution in [-0.4, -0.2) is 16.5 Å². The summed E-state index contributed by atoms with van der Waals surface area (Å²) in [5.41, 5.74) is 1.29. The SMILES string of the molecule is CCCNCc1sc(-c2ncccc2F)nc1C. The highest BCUT2D eigenvalue weighted by Gasteiger charge is 2.13. The summed E-state index contributed by atoms with van der Waals surface area (Å²) in [5, 5.41) is 3.98. The van der Waals surface area contributed by atoms with Crippen LogP contribution in [-0.2, 0) is 6.54 Å². The molecule has 0 bridgehead atoms. The zero-order valence-corrected chi connectivity index (χ0v) is 11.4. The summed E-state index contributed by atoms with van der Waals surface area (Å²) in [5.74, 6) is -0.320. The van der Waals surface area contributed by atoms with Gasteiger partial charge in [-0.2, -0.15) is 0 Å². The molecule has 0 fully saturated rings. The minimum atomic E-state index is -0.320. The van der Waals surface area contributed by atoms with Gasteiger partial charge < -0.3 is 5.32 Å². The fourth-order valence-electron chi connectivity index (χ4n) is 1.62. The van der Waals surface area contributed by atoms with Crippen molar-refractivity contribution >= 4 is 11.3 Å². The van der Waals surface area contributed by atoms with Crippen molar-refractivity contribution < 1.29 is 4.39 Å². The molecule has 0 amide bonds. The van der Waals surface area contributed by atoms with Gasteiger partial charge in [0.15, 0.2) is 5.82 Å². The predicted molar refractivity (Wildman–Crippen MR) is 72.0 cm³/mol. The Kier molecular flexibility index (Phi) is 4.38. The van der Waals surface area contributed by atoms with Gasteiger partial charge in [0.05, 0.1) is 5.69 Å². The summed E-state index contributed by atoms with van der Waals surface area (Å²) in [4.78, 5) is 9.59. The highest BCUT2D eigenvalue weighted by atomic mass is 32.1. The maximum atomic E-state index is 13.6. The second-order valence-electron chi connectivity index (χ2n) is 4.04. The van der Waals surface area contributed by atoms with E-state index in [-0.39, 0.29) is 5.82 Å². The number of hydrogen-bond donors (Lipinski definition) is 1. The number of nitrogens with zero attached hydrogens (tertiary/aromatic N) is 2. The Morgan fingerprint density at radius 3 is 3.00 bits per heavy atom. The Balaban J connectivity index is 2.21. The van der Waals surface area contributed by atoms with E-state index >= 15 is 0 Å². The normalized spacial score (nSPS) is 10.8. The molecule has 96 valence electrons. The fraction of sp³-hybridized carbons (Fsp3) is 0.385. The molecule has 2 aromatic rings. The number of thiazole rings is 1. The van der Waals surface area contributed by atoms with E-state index in [0.29, 0.717) is 10.7 Å². The monoisotopic (exact) mass is 265 g/mol. The van der Waals surface area contributed by atoms with Crippen LogP contribution in [0.3, 0.4) is 0 Å². The molecule has 0 spiro atoms. The van der Waals surface area contributed by atoms with Crippen LogP contribution in [0.5, 0.6) is 0 Å². The van der Waals surface area contributed by atoms with Crippen LogP contribution in [0.1, 0.15) is 23.9 Å². The van der Waals surface area contributed by atoms with E-state index in [2.05, 4.69) is 22.2 Å². The van der Waals surface area contributed by atoms with Crippen LogP contribution in [0.15, 0.2) is 18.3 Å². The Hall–Kier alpha value is -1.33. The Labute approximate surface area is 110 Å². The Morgan fingerprint density at radius 2 is 2.28 bits per heavy atom. The summed E-state index contributed by atoms with van der Waals surface area (Å²) in [6.07, 6.45) is 2.68. The summed E-state index contributed by atoms with van der Waals surface area (Å²) >= 11 is 1.50. The third-order valence-electron chi connectivity index (χ3n) is 2.57. The Morgan fingerprint density at radius 1 is 1.44 bits per heavy atom. The van der Waals surface area contributed by atoms with Gasteiger partial charge in [0, 0.05) is 17.6 Å². The second kappa shape index (κ2) is 6.02. The number of halogens is 1. The maximum absolute atomic E-state index is 13.6. The molecule has 18 heavy (non-hydrogen) atoms. The van der Waals surface area contributed by atoms with Crippen LogP contribution in [0.4, 0.5) is 4.39 Å². The van der Waals surface area contributed by atoms with Gasteiger partial charge in [-0.3, -0.25) is 4.98 Å². The maximum Gasteiger partial charge on any atom is 0.151 e. The topological polar surface area (TPSA) is 37.8 Å². The molecule has 3 nitrogen and oxygen atoms in total. The average Bonchev–Trinajstić information content (AvgIpc) is 2.72. The highest BCUT2D eigenvalue weighted by Crippen LogP contribution is 2.27. The lowest BCUT2D eigenvalue weighted by molar-refractivity contribution is 0.625. The molecule has 2 rings (SSSR count). The molecule has 0 aliphatic heterocycles. The van der Waals surface area contributed by atoms with Gasteiger partial charge in [0.25, 0.3) is 0 Å². The largest absolute Gasteiger partial charge is 0.312 e. The highest BCUT2D eigenvalue weighted by molar-refractivity contribution is 7.15. The van der Waals surface area contributed by atoms with Crippen LogP contribution < -0.4 is 5.32 Å². The van der Waals surface area contributed by atoms with Gasteiger partial charge in [-0.1, -0.05) is 6.92 Å². The van der Waals surface area contributed by atoms with E-state index in [1.54, 1.807) is 12.3 Å². The molecular weight excluding hydrogens is 249 g/mol. The van der Waals surface area contributed by atoms with E-state index in [9.17, 15) is 4.39 Å². The number of pyridine rings is 1. The molecule has 0 aromatic carbocycles. The molecule has 0 saturated heterocycles. The van der Waals surface area contributed by atoms with Crippen molar-refractivity contribution in [3.05, 3.63) is 34.7 Å². The minimum Gasteiger partial charge on any atom is -0.312 e. The first-order valence-electron chi connectivity index (χ1n) is 6.00. The smallest absolute Gasteiger partial charge is 0.151 e. The first-order valence-corrected chi connectivity index (χ1v) is 6.82. The van der Waals surface area contributed by atoms with Crippen molar-refractivity contribution in [2.75, 3.05) is 6.54 Å². The first-order chi connectivity index (χ1) is 8.72. The molecule has 0 atom stereocenters. The zero-order chi connectivity index (χ0) is 13.0. The molecule has 0 aliphatic rings. The number of rotatable bonds is 5. The molecule has 2 aromatic heterocycles. The number of nitrogens with one attached hydrogen (secondary N) is 1. The van der Waals surface area contributed by atoms with Crippen molar-refractivity contribution in [3.8, 4) is 10.7 Å². The summed E-state index contributed by atoms with van der Waals surface area (Å²) in [6.45, 7) is 5.83. The van der Waals surface area contributed by atoms with Crippen molar-refractivity contribution in [1.82, 2.24) is 15.3 Å². The van der Waals surface area contributed by atoms with E-state index in [1.165, 1.54) is 17.4 Å². The van der Waals surface area contributed by atoms with Crippen molar-refractivity contribution in [3.63, 3.8) is 0 Å². The summed E-state index contributed by atoms with van der Waals surface area (Å²) in [7, 11) is 0. The van der Waals surface area contributed by atoms with Crippen LogP contribution >= 0.6 is 11.3 Å². The third kappa shape index (κ3) is 2.91. The average molecular weight is 265 g/mol. The van der Waals surface area contributed by atoms with Gasteiger partial charge in [0.1, 0.15) is 10.7 Å². The molecule has 1 N–H and O–H groups in total. The number of hydrogen-bond acceptors (Lipinski definition) is 4. The fourth-order valence-corrected chi connectivity index (χ4v) is 2.65. The van der Waals surface area contributed by atoms with Gasteiger partial charge in [-0.25, -0.2) is 9.37 Å². The van der Waals surface area contributed by atoms with Gasteiger partial charge in [-0.15, -0.1) is 11.3 Å². The molecule has 0 radical (unpaired) electrons. The molecule has 5 heteroatoms. The summed E-state index contributed by atoms with van der Waals surface area (Å²) in [6, 6.07) is 3.00. The lowest BCUT2D eigenvalue weighted by atomic mass is 10.3. The summed E-state index contributed by atoms with van der Waals surface area (Å²) < 4.78 is 13.6. The lowest BCUT2D eigenvalue weighted by Gasteiger charge is -1.99. The van der Waals surface area contributed by atoms with Crippen molar-refractivity contribution in [2.24, 2.45) is 0 Å². The minimum absolute atomic E-state index is 0.320. The third-order valence-corrected chi connectivity index (χ3v) is 3.73. The Bertz CT molecular complexity index is 525. The van der Waals surface area contributed by atoms with Gasteiger partial charge in [-0.05, 0) is 32.0 Å². The van der Waals surface area contributed by atoms with Crippen molar-refractivity contribution in [1.29, 1.82) is 0 Å². The predicted octanol–water partition coefficient (Wildman–Crippen LogP) is 3.15. The molecule has 0 unspecified atom stereocenters. The first kappa shape index (κ1) is 13.1. The van der Waals surface area contributed by atoms with E-state index < -0.39 is 0 Å². The van der Waals surface area contributed by atoms with Crippen LogP contribution in [0.2, 0.25) is 0 Å². The molecule has 0 aliphatic carbocycles. The van der Waals surface area contributed by atoms with Gasteiger partial charge in [0.2, 0.25) is 0 Å². The number of aromatic nitrogens is 2. The molecule has 0 saturated carbocycles. The van der Waals surface area contributed by atoms with E-state index in [0.717, 1.165) is 30.1 Å². The quantitative estimate of drug-likeness (QED) is 0.844. The van der Waals surface area contributed by atoms with Gasteiger partial charge >= 0.3 is 0 Å². The standard InChI is InChI=1S/C13H16FN3S/c1-3-6-15-8-11-9(2)17-13(18-11)12-10(14)5-4-7-16-12/h4-5,7,15H,3,6,8H2,1-2H3.